The maximum Gasteiger partial charge on any atom is 0.320 e. The van der Waals surface area contributed by atoms with Crippen LogP contribution in [0.15, 0.2) is 0 Å². The molecule has 0 aliphatic rings. The summed E-state index contributed by atoms with van der Waals surface area (Å²) in [5.41, 5.74) is 10.9. The van der Waals surface area contributed by atoms with Crippen LogP contribution in [0.3, 0.4) is 0 Å². The first-order valence-corrected chi connectivity index (χ1v) is 5.44. The zero-order chi connectivity index (χ0) is 14.3. The van der Waals surface area contributed by atoms with Crippen LogP contribution in [0.5, 0.6) is 0 Å². The molecule has 8 heteroatoms. The van der Waals surface area contributed by atoms with Crippen molar-refractivity contribution in [3.8, 4) is 0 Å². The topological polar surface area (TPSA) is 164 Å². The first-order chi connectivity index (χ1) is 8.25. The van der Waals surface area contributed by atoms with E-state index in [4.69, 9.17) is 26.8 Å². The van der Waals surface area contributed by atoms with Crippen molar-refractivity contribution >= 4 is 17.9 Å². The Bertz CT molecular complexity index is 319. The van der Waals surface area contributed by atoms with Gasteiger partial charge in [-0.3, -0.25) is 14.4 Å². The molecule has 0 aromatic carbocycles. The fourth-order valence-electron chi connectivity index (χ4n) is 1.49. The summed E-state index contributed by atoms with van der Waals surface area (Å²) in [7, 11) is 0. The summed E-state index contributed by atoms with van der Waals surface area (Å²) in [6.45, 7) is 0. The monoisotopic (exact) mass is 262 g/mol. The van der Waals surface area contributed by atoms with Gasteiger partial charge in [0.25, 0.3) is 0 Å². The number of carboxylic acid groups (broad SMARTS) is 3. The fourth-order valence-corrected chi connectivity index (χ4v) is 1.49. The molecule has 0 rings (SSSR count). The van der Waals surface area contributed by atoms with E-state index >= 15 is 0 Å². The average molecular weight is 262 g/mol. The summed E-state index contributed by atoms with van der Waals surface area (Å²) in [6.07, 6.45) is -0.221. The van der Waals surface area contributed by atoms with E-state index in [1.54, 1.807) is 0 Å². The highest BCUT2D eigenvalue weighted by Gasteiger charge is 2.27. The van der Waals surface area contributed by atoms with Gasteiger partial charge in [-0.15, -0.1) is 0 Å². The minimum atomic E-state index is -1.21. The molecular formula is C10H18N2O6. The van der Waals surface area contributed by atoms with E-state index in [0.29, 0.717) is 0 Å². The molecule has 0 aromatic heterocycles. The summed E-state index contributed by atoms with van der Waals surface area (Å²) in [5.74, 6) is -4.43. The van der Waals surface area contributed by atoms with Crippen molar-refractivity contribution in [1.82, 2.24) is 0 Å². The van der Waals surface area contributed by atoms with Gasteiger partial charge < -0.3 is 26.8 Å². The van der Waals surface area contributed by atoms with Gasteiger partial charge in [-0.2, -0.15) is 0 Å². The van der Waals surface area contributed by atoms with E-state index in [1.807, 2.05) is 0 Å². The Labute approximate surface area is 104 Å². The van der Waals surface area contributed by atoms with Crippen LogP contribution in [-0.4, -0.2) is 45.3 Å². The van der Waals surface area contributed by atoms with Crippen LogP contribution in [0.1, 0.15) is 25.7 Å². The third kappa shape index (κ3) is 6.16. The van der Waals surface area contributed by atoms with E-state index in [-0.39, 0.29) is 25.7 Å². The Balaban J connectivity index is 4.33. The molecule has 0 saturated carbocycles. The molecule has 0 heterocycles. The van der Waals surface area contributed by atoms with Gasteiger partial charge in [0.15, 0.2) is 0 Å². The first kappa shape index (κ1) is 16.3. The van der Waals surface area contributed by atoms with Crippen molar-refractivity contribution in [2.75, 3.05) is 0 Å². The highest BCUT2D eigenvalue weighted by atomic mass is 16.4. The van der Waals surface area contributed by atoms with Crippen LogP contribution in [0.2, 0.25) is 0 Å². The normalized spacial score (nSPS) is 15.7. The fraction of sp³-hybridized carbons (Fsp3) is 0.700. The van der Waals surface area contributed by atoms with Crippen LogP contribution >= 0.6 is 0 Å². The number of rotatable bonds is 9. The summed E-state index contributed by atoms with van der Waals surface area (Å²) < 4.78 is 0. The van der Waals surface area contributed by atoms with Crippen molar-refractivity contribution < 1.29 is 29.7 Å². The largest absolute Gasteiger partial charge is 0.481 e. The maximum atomic E-state index is 11.0. The molecule has 8 nitrogen and oxygen atoms in total. The van der Waals surface area contributed by atoms with Crippen LogP contribution in [0.25, 0.3) is 0 Å². The van der Waals surface area contributed by atoms with E-state index in [2.05, 4.69) is 0 Å². The maximum absolute atomic E-state index is 11.0. The third-order valence-electron chi connectivity index (χ3n) is 2.63. The summed E-state index contributed by atoms with van der Waals surface area (Å²) in [5, 5.41) is 26.0. The molecule has 7 N–H and O–H groups in total. The second-order valence-electron chi connectivity index (χ2n) is 4.06. The number of nitrogens with two attached hydrogens (primary N) is 2. The van der Waals surface area contributed by atoms with Gasteiger partial charge in [-0.05, 0) is 19.3 Å². The molecular weight excluding hydrogens is 244 g/mol. The minimum Gasteiger partial charge on any atom is -0.481 e. The molecule has 104 valence electrons. The smallest absolute Gasteiger partial charge is 0.320 e. The SMILES string of the molecule is NC(CCC(C(=O)O)C(N)CCC(=O)O)C(=O)O. The zero-order valence-electron chi connectivity index (χ0n) is 9.78. The van der Waals surface area contributed by atoms with Gasteiger partial charge in [0, 0.05) is 12.5 Å². The van der Waals surface area contributed by atoms with Gasteiger partial charge in [0.05, 0.1) is 5.92 Å². The predicted molar refractivity (Wildman–Crippen MR) is 60.8 cm³/mol. The quantitative estimate of drug-likeness (QED) is 0.355. The number of carboxylic acids is 3. The van der Waals surface area contributed by atoms with Gasteiger partial charge >= 0.3 is 17.9 Å². The van der Waals surface area contributed by atoms with Crippen molar-refractivity contribution in [2.45, 2.75) is 37.8 Å². The van der Waals surface area contributed by atoms with Gasteiger partial charge in [0.1, 0.15) is 6.04 Å². The molecule has 3 atom stereocenters. The predicted octanol–water partition coefficient (Wildman–Crippen LogP) is -0.929. The number of hydrogen-bond acceptors (Lipinski definition) is 5. The van der Waals surface area contributed by atoms with E-state index in [9.17, 15) is 14.4 Å². The molecule has 0 fully saturated rings. The molecule has 3 unspecified atom stereocenters. The van der Waals surface area contributed by atoms with Crippen LogP contribution < -0.4 is 11.5 Å². The molecule has 18 heavy (non-hydrogen) atoms. The Morgan fingerprint density at radius 1 is 0.889 bits per heavy atom. The highest BCUT2D eigenvalue weighted by Crippen LogP contribution is 2.15. The molecule has 0 aromatic rings. The van der Waals surface area contributed by atoms with Crippen LogP contribution in [0.4, 0.5) is 0 Å². The molecule has 0 bridgehead atoms. The second-order valence-corrected chi connectivity index (χ2v) is 4.06. The lowest BCUT2D eigenvalue weighted by Crippen LogP contribution is -2.38. The summed E-state index contributed by atoms with van der Waals surface area (Å²) in [6, 6.07) is -1.97. The van der Waals surface area contributed by atoms with Gasteiger partial charge in [-0.1, -0.05) is 0 Å². The lowest BCUT2D eigenvalue weighted by atomic mass is 9.90. The van der Waals surface area contributed by atoms with Crippen molar-refractivity contribution in [2.24, 2.45) is 17.4 Å². The van der Waals surface area contributed by atoms with Crippen molar-refractivity contribution in [3.05, 3.63) is 0 Å². The minimum absolute atomic E-state index is 0.00356. The van der Waals surface area contributed by atoms with E-state index in [0.717, 1.165) is 0 Å². The Hall–Kier alpha value is -1.67. The Morgan fingerprint density at radius 2 is 1.44 bits per heavy atom. The molecule has 0 radical (unpaired) electrons. The lowest BCUT2D eigenvalue weighted by Gasteiger charge is -2.20. The molecule has 0 amide bonds. The Kier molecular flexibility index (Phi) is 6.91. The second kappa shape index (κ2) is 7.62. The average Bonchev–Trinajstić information content (AvgIpc) is 2.25. The number of hydrogen-bond donors (Lipinski definition) is 5. The summed E-state index contributed by atoms with van der Waals surface area (Å²) >= 11 is 0. The van der Waals surface area contributed by atoms with E-state index < -0.39 is 35.9 Å². The highest BCUT2D eigenvalue weighted by molar-refractivity contribution is 5.74. The van der Waals surface area contributed by atoms with Gasteiger partial charge in [-0.25, -0.2) is 0 Å². The standard InChI is InChI=1S/C10H18N2O6/c11-6(3-4-8(13)14)5(9(15)16)1-2-7(12)10(17)18/h5-7H,1-4,11-12H2,(H,13,14)(H,15,16)(H,17,18). The van der Waals surface area contributed by atoms with Crippen LogP contribution in [0, 0.1) is 5.92 Å². The molecule has 0 aliphatic heterocycles. The zero-order valence-corrected chi connectivity index (χ0v) is 9.78. The summed E-state index contributed by atoms with van der Waals surface area (Å²) in [4.78, 5) is 31.8. The molecule has 0 saturated heterocycles. The number of aliphatic carboxylic acids is 3. The Morgan fingerprint density at radius 3 is 1.83 bits per heavy atom. The lowest BCUT2D eigenvalue weighted by molar-refractivity contribution is -0.144. The third-order valence-corrected chi connectivity index (χ3v) is 2.63. The van der Waals surface area contributed by atoms with E-state index in [1.165, 1.54) is 0 Å². The first-order valence-electron chi connectivity index (χ1n) is 5.44. The van der Waals surface area contributed by atoms with Crippen molar-refractivity contribution in [1.29, 1.82) is 0 Å². The van der Waals surface area contributed by atoms with Gasteiger partial charge in [0.2, 0.25) is 0 Å². The number of carbonyl (C=O) groups is 3. The molecule has 0 aliphatic carbocycles. The molecule has 0 spiro atoms. The van der Waals surface area contributed by atoms with Crippen LogP contribution in [-0.2, 0) is 14.4 Å². The van der Waals surface area contributed by atoms with Crippen molar-refractivity contribution in [3.63, 3.8) is 0 Å².